The second-order valence-electron chi connectivity index (χ2n) is 6.15. The first kappa shape index (κ1) is 17.8. The number of aromatic nitrogens is 3. The summed E-state index contributed by atoms with van der Waals surface area (Å²) < 4.78 is 14.5. The SMILES string of the molecule is Cc1cc(-c2cc(NC(=O)[C@@H](N)Cc3ccc(F)cc3)n(C)n2)ccn1. The van der Waals surface area contributed by atoms with E-state index in [2.05, 4.69) is 15.4 Å². The zero-order chi connectivity index (χ0) is 18.7. The average Bonchev–Trinajstić information content (AvgIpc) is 2.97. The number of carbonyl (C=O) groups is 1. The first-order valence-electron chi connectivity index (χ1n) is 8.20. The summed E-state index contributed by atoms with van der Waals surface area (Å²) in [6.07, 6.45) is 2.04. The van der Waals surface area contributed by atoms with Gasteiger partial charge in [-0.3, -0.25) is 14.5 Å². The lowest BCUT2D eigenvalue weighted by Crippen LogP contribution is -2.37. The number of nitrogens with zero attached hydrogens (tertiary/aromatic N) is 3. The highest BCUT2D eigenvalue weighted by atomic mass is 19.1. The van der Waals surface area contributed by atoms with Crippen molar-refractivity contribution in [1.82, 2.24) is 14.8 Å². The lowest BCUT2D eigenvalue weighted by molar-refractivity contribution is -0.117. The summed E-state index contributed by atoms with van der Waals surface area (Å²) >= 11 is 0. The van der Waals surface area contributed by atoms with Crippen LogP contribution in [0.1, 0.15) is 11.3 Å². The summed E-state index contributed by atoms with van der Waals surface area (Å²) in [6, 6.07) is 10.8. The van der Waals surface area contributed by atoms with Crippen molar-refractivity contribution in [2.24, 2.45) is 12.8 Å². The van der Waals surface area contributed by atoms with Gasteiger partial charge in [0.2, 0.25) is 5.91 Å². The summed E-state index contributed by atoms with van der Waals surface area (Å²) in [5, 5.41) is 7.21. The third-order valence-corrected chi connectivity index (χ3v) is 4.03. The molecule has 0 spiro atoms. The molecule has 0 bridgehead atoms. The van der Waals surface area contributed by atoms with Crippen LogP contribution in [-0.2, 0) is 18.3 Å². The van der Waals surface area contributed by atoms with E-state index >= 15 is 0 Å². The summed E-state index contributed by atoms with van der Waals surface area (Å²) in [4.78, 5) is 16.5. The van der Waals surface area contributed by atoms with Gasteiger partial charge in [0, 0.05) is 30.6 Å². The van der Waals surface area contributed by atoms with Gasteiger partial charge in [-0.25, -0.2) is 4.39 Å². The summed E-state index contributed by atoms with van der Waals surface area (Å²) in [7, 11) is 1.75. The molecular formula is C19H20FN5O. The predicted octanol–water partition coefficient (Wildman–Crippen LogP) is 2.44. The van der Waals surface area contributed by atoms with Gasteiger partial charge in [0.05, 0.1) is 11.7 Å². The molecule has 0 aliphatic carbocycles. The minimum Gasteiger partial charge on any atom is -0.320 e. The molecule has 0 aliphatic rings. The molecule has 0 fully saturated rings. The number of hydrogen-bond donors (Lipinski definition) is 2. The third-order valence-electron chi connectivity index (χ3n) is 4.03. The number of anilines is 1. The molecule has 0 radical (unpaired) electrons. The number of hydrogen-bond acceptors (Lipinski definition) is 4. The topological polar surface area (TPSA) is 85.8 Å². The molecule has 0 saturated carbocycles. The molecule has 6 nitrogen and oxygen atoms in total. The van der Waals surface area contributed by atoms with Gasteiger partial charge in [-0.15, -0.1) is 0 Å². The van der Waals surface area contributed by atoms with E-state index in [1.807, 2.05) is 19.1 Å². The second kappa shape index (κ2) is 7.45. The van der Waals surface area contributed by atoms with E-state index in [1.54, 1.807) is 36.1 Å². The molecule has 1 aromatic carbocycles. The van der Waals surface area contributed by atoms with Crippen molar-refractivity contribution in [3.63, 3.8) is 0 Å². The van der Waals surface area contributed by atoms with E-state index in [0.29, 0.717) is 12.2 Å². The Morgan fingerprint density at radius 2 is 2.00 bits per heavy atom. The van der Waals surface area contributed by atoms with Crippen molar-refractivity contribution < 1.29 is 9.18 Å². The quantitative estimate of drug-likeness (QED) is 0.738. The van der Waals surface area contributed by atoms with Gasteiger partial charge in [-0.1, -0.05) is 12.1 Å². The Morgan fingerprint density at radius 3 is 2.69 bits per heavy atom. The minimum atomic E-state index is -0.748. The maximum atomic E-state index is 13.0. The average molecular weight is 353 g/mol. The van der Waals surface area contributed by atoms with Crippen molar-refractivity contribution in [2.45, 2.75) is 19.4 Å². The molecule has 3 rings (SSSR count). The van der Waals surface area contributed by atoms with Crippen LogP contribution in [0.5, 0.6) is 0 Å². The highest BCUT2D eigenvalue weighted by molar-refractivity contribution is 5.94. The van der Waals surface area contributed by atoms with Crippen molar-refractivity contribution >= 4 is 11.7 Å². The molecule has 1 atom stereocenters. The number of halogens is 1. The monoisotopic (exact) mass is 353 g/mol. The van der Waals surface area contributed by atoms with Crippen LogP contribution in [0.4, 0.5) is 10.2 Å². The Labute approximate surface area is 150 Å². The van der Waals surface area contributed by atoms with Crippen molar-refractivity contribution in [1.29, 1.82) is 0 Å². The smallest absolute Gasteiger partial charge is 0.242 e. The van der Waals surface area contributed by atoms with E-state index in [9.17, 15) is 9.18 Å². The van der Waals surface area contributed by atoms with Crippen LogP contribution >= 0.6 is 0 Å². The van der Waals surface area contributed by atoms with E-state index in [0.717, 1.165) is 22.5 Å². The molecule has 3 N–H and O–H groups in total. The Morgan fingerprint density at radius 1 is 1.27 bits per heavy atom. The Hall–Kier alpha value is -3.06. The fourth-order valence-corrected chi connectivity index (χ4v) is 2.62. The van der Waals surface area contributed by atoms with Crippen LogP contribution in [0.2, 0.25) is 0 Å². The van der Waals surface area contributed by atoms with E-state index in [1.165, 1.54) is 12.1 Å². The summed E-state index contributed by atoms with van der Waals surface area (Å²) in [6.45, 7) is 1.91. The van der Waals surface area contributed by atoms with Gasteiger partial charge >= 0.3 is 0 Å². The van der Waals surface area contributed by atoms with Gasteiger partial charge in [0.1, 0.15) is 11.6 Å². The summed E-state index contributed by atoms with van der Waals surface area (Å²) in [5.74, 6) is -0.0932. The molecule has 1 amide bonds. The van der Waals surface area contributed by atoms with Gasteiger partial charge in [-0.2, -0.15) is 5.10 Å². The minimum absolute atomic E-state index is 0.319. The van der Waals surface area contributed by atoms with Crippen LogP contribution in [0.15, 0.2) is 48.7 Å². The molecule has 134 valence electrons. The molecule has 26 heavy (non-hydrogen) atoms. The fraction of sp³-hybridized carbons (Fsp3) is 0.211. The molecule has 3 aromatic rings. The van der Waals surface area contributed by atoms with Crippen molar-refractivity contribution in [2.75, 3.05) is 5.32 Å². The third kappa shape index (κ3) is 4.12. The van der Waals surface area contributed by atoms with Gasteiger partial charge in [0.25, 0.3) is 0 Å². The molecule has 0 aliphatic heterocycles. The maximum absolute atomic E-state index is 13.0. The number of benzene rings is 1. The van der Waals surface area contributed by atoms with Gasteiger partial charge < -0.3 is 11.1 Å². The van der Waals surface area contributed by atoms with Crippen molar-refractivity contribution in [3.05, 3.63) is 65.7 Å². The van der Waals surface area contributed by atoms with Crippen LogP contribution in [0.25, 0.3) is 11.3 Å². The normalized spacial score (nSPS) is 12.0. The summed E-state index contributed by atoms with van der Waals surface area (Å²) in [5.41, 5.74) is 9.32. The highest BCUT2D eigenvalue weighted by Gasteiger charge is 2.17. The van der Waals surface area contributed by atoms with Crippen LogP contribution < -0.4 is 11.1 Å². The van der Waals surface area contributed by atoms with E-state index in [-0.39, 0.29) is 11.7 Å². The van der Waals surface area contributed by atoms with Crippen LogP contribution in [-0.4, -0.2) is 26.7 Å². The first-order chi connectivity index (χ1) is 12.4. The van der Waals surface area contributed by atoms with Gasteiger partial charge in [0.15, 0.2) is 0 Å². The Bertz CT molecular complexity index is 920. The predicted molar refractivity (Wildman–Crippen MR) is 97.9 cm³/mol. The number of rotatable bonds is 5. The Kier molecular flexibility index (Phi) is 5.09. The number of nitrogens with two attached hydrogens (primary N) is 1. The zero-order valence-corrected chi connectivity index (χ0v) is 14.6. The number of aryl methyl sites for hydroxylation is 2. The van der Waals surface area contributed by atoms with E-state index in [4.69, 9.17) is 5.73 Å². The standard InChI is InChI=1S/C19H20FN5O/c1-12-9-14(7-8-22-12)17-11-18(25(2)24-17)23-19(26)16(21)10-13-3-5-15(20)6-4-13/h3-9,11,16H,10,21H2,1-2H3,(H,23,26)/t16-/m0/s1. The zero-order valence-electron chi connectivity index (χ0n) is 14.6. The molecule has 2 heterocycles. The second-order valence-corrected chi connectivity index (χ2v) is 6.15. The number of pyridine rings is 1. The lowest BCUT2D eigenvalue weighted by Gasteiger charge is -2.12. The first-order valence-corrected chi connectivity index (χ1v) is 8.20. The van der Waals surface area contributed by atoms with Crippen molar-refractivity contribution in [3.8, 4) is 11.3 Å². The van der Waals surface area contributed by atoms with Crippen LogP contribution in [0, 0.1) is 12.7 Å². The number of nitrogens with one attached hydrogen (secondary N) is 1. The largest absolute Gasteiger partial charge is 0.320 e. The van der Waals surface area contributed by atoms with Crippen LogP contribution in [0.3, 0.4) is 0 Å². The molecule has 0 unspecified atom stereocenters. The highest BCUT2D eigenvalue weighted by Crippen LogP contribution is 2.21. The fourth-order valence-electron chi connectivity index (χ4n) is 2.62. The number of carbonyl (C=O) groups excluding carboxylic acids is 1. The molecule has 2 aromatic heterocycles. The number of amides is 1. The van der Waals surface area contributed by atoms with E-state index < -0.39 is 6.04 Å². The maximum Gasteiger partial charge on any atom is 0.242 e. The van der Waals surface area contributed by atoms with Gasteiger partial charge in [-0.05, 0) is 43.2 Å². The molecule has 7 heteroatoms. The molecule has 0 saturated heterocycles. The lowest BCUT2D eigenvalue weighted by atomic mass is 10.1. The molecular weight excluding hydrogens is 333 g/mol. The Balaban J connectivity index is 1.70.